The van der Waals surface area contributed by atoms with E-state index >= 15 is 0 Å². The highest BCUT2D eigenvalue weighted by Crippen LogP contribution is 2.37. The van der Waals surface area contributed by atoms with Gasteiger partial charge in [0.05, 0.1) is 18.8 Å². The summed E-state index contributed by atoms with van der Waals surface area (Å²) in [4.78, 5) is 26.3. The summed E-state index contributed by atoms with van der Waals surface area (Å²) in [6.45, 7) is 4.15. The van der Waals surface area contributed by atoms with Gasteiger partial charge in [0.25, 0.3) is 5.91 Å². The van der Waals surface area contributed by atoms with Crippen molar-refractivity contribution in [2.24, 2.45) is 0 Å². The van der Waals surface area contributed by atoms with Crippen LogP contribution in [0.4, 0.5) is 9.39 Å². The molecule has 0 bridgehead atoms. The molecule has 0 aliphatic heterocycles. The van der Waals surface area contributed by atoms with Crippen LogP contribution in [0, 0.1) is 5.82 Å². The highest BCUT2D eigenvalue weighted by atomic mass is 32.1. The highest BCUT2D eigenvalue weighted by molar-refractivity contribution is 7.15. The SMILES string of the molecule is CCOC(=O)c1c(-c2ccc(F)cc2)csc1NC(=O)c1c(OCC)ccc2ccccc12. The third kappa shape index (κ3) is 4.59. The Morgan fingerprint density at radius 2 is 1.70 bits per heavy atom. The minimum atomic E-state index is -0.559. The van der Waals surface area contributed by atoms with Gasteiger partial charge >= 0.3 is 5.97 Å². The molecule has 3 aromatic carbocycles. The quantitative estimate of drug-likeness (QED) is 0.316. The maximum absolute atomic E-state index is 13.5. The van der Waals surface area contributed by atoms with E-state index in [0.717, 1.165) is 10.8 Å². The summed E-state index contributed by atoms with van der Waals surface area (Å²) in [7, 11) is 0. The first kappa shape index (κ1) is 22.5. The van der Waals surface area contributed by atoms with Crippen molar-refractivity contribution in [3.05, 3.63) is 83.0 Å². The molecule has 1 amide bonds. The number of carbonyl (C=O) groups is 2. The van der Waals surface area contributed by atoms with Gasteiger partial charge in [-0.25, -0.2) is 9.18 Å². The molecule has 0 fully saturated rings. The van der Waals surface area contributed by atoms with Gasteiger partial charge in [-0.15, -0.1) is 11.3 Å². The van der Waals surface area contributed by atoms with Gasteiger partial charge in [0.15, 0.2) is 0 Å². The molecule has 0 saturated heterocycles. The molecule has 4 aromatic rings. The minimum absolute atomic E-state index is 0.183. The van der Waals surface area contributed by atoms with Crippen LogP contribution < -0.4 is 10.1 Å². The molecule has 0 aliphatic carbocycles. The highest BCUT2D eigenvalue weighted by Gasteiger charge is 2.25. The lowest BCUT2D eigenvalue weighted by Gasteiger charge is -2.14. The Labute approximate surface area is 194 Å². The first-order valence-electron chi connectivity index (χ1n) is 10.5. The molecule has 0 spiro atoms. The fourth-order valence-corrected chi connectivity index (χ4v) is 4.58. The van der Waals surface area contributed by atoms with Crippen LogP contribution in [0.2, 0.25) is 0 Å². The number of carbonyl (C=O) groups excluding carboxylic acids is 2. The fraction of sp³-hybridized carbons (Fsp3) is 0.154. The summed E-state index contributed by atoms with van der Waals surface area (Å²) in [5, 5.41) is 6.63. The molecule has 1 aromatic heterocycles. The van der Waals surface area contributed by atoms with Gasteiger partial charge in [-0.05, 0) is 48.4 Å². The van der Waals surface area contributed by atoms with Crippen molar-refractivity contribution in [2.45, 2.75) is 13.8 Å². The zero-order chi connectivity index (χ0) is 23.4. The van der Waals surface area contributed by atoms with Crippen LogP contribution in [0.3, 0.4) is 0 Å². The lowest BCUT2D eigenvalue weighted by molar-refractivity contribution is 0.0529. The minimum Gasteiger partial charge on any atom is -0.493 e. The molecular weight excluding hydrogens is 441 g/mol. The lowest BCUT2D eigenvalue weighted by Crippen LogP contribution is -2.16. The van der Waals surface area contributed by atoms with Gasteiger partial charge in [-0.1, -0.05) is 42.5 Å². The summed E-state index contributed by atoms with van der Waals surface area (Å²) < 4.78 is 24.4. The van der Waals surface area contributed by atoms with Gasteiger partial charge < -0.3 is 14.8 Å². The van der Waals surface area contributed by atoms with Gasteiger partial charge in [-0.2, -0.15) is 0 Å². The number of hydrogen-bond acceptors (Lipinski definition) is 5. The molecule has 33 heavy (non-hydrogen) atoms. The third-order valence-electron chi connectivity index (χ3n) is 5.07. The molecule has 0 radical (unpaired) electrons. The average Bonchev–Trinajstić information content (AvgIpc) is 3.23. The molecule has 1 heterocycles. The standard InChI is InChI=1S/C26H22FNO4S/c1-3-31-21-14-11-16-7-5-6-8-19(16)22(21)24(29)28-25-23(26(30)32-4-2)20(15-33-25)17-9-12-18(27)13-10-17/h5-15H,3-4H2,1-2H3,(H,28,29). The summed E-state index contributed by atoms with van der Waals surface area (Å²) in [5.74, 6) is -0.870. The van der Waals surface area contributed by atoms with E-state index in [1.165, 1.54) is 23.5 Å². The Balaban J connectivity index is 1.78. The fourth-order valence-electron chi connectivity index (χ4n) is 3.62. The van der Waals surface area contributed by atoms with Crippen molar-refractivity contribution in [1.82, 2.24) is 0 Å². The number of amides is 1. The Bertz CT molecular complexity index is 1310. The molecule has 5 nitrogen and oxygen atoms in total. The van der Waals surface area contributed by atoms with Crippen LogP contribution in [-0.2, 0) is 4.74 Å². The number of hydrogen-bond donors (Lipinski definition) is 1. The number of thiophene rings is 1. The van der Waals surface area contributed by atoms with Crippen molar-refractivity contribution >= 4 is 39.0 Å². The molecule has 0 saturated carbocycles. The van der Waals surface area contributed by atoms with Crippen LogP contribution in [0.25, 0.3) is 21.9 Å². The number of rotatable bonds is 7. The van der Waals surface area contributed by atoms with E-state index in [1.54, 1.807) is 30.5 Å². The normalized spacial score (nSPS) is 10.8. The van der Waals surface area contributed by atoms with Crippen LogP contribution in [-0.4, -0.2) is 25.1 Å². The van der Waals surface area contributed by atoms with Gasteiger partial charge in [0.2, 0.25) is 0 Å². The van der Waals surface area contributed by atoms with E-state index in [4.69, 9.17) is 9.47 Å². The number of benzene rings is 3. The van der Waals surface area contributed by atoms with E-state index in [1.807, 2.05) is 37.3 Å². The van der Waals surface area contributed by atoms with E-state index in [9.17, 15) is 14.0 Å². The van der Waals surface area contributed by atoms with Crippen molar-refractivity contribution in [3.8, 4) is 16.9 Å². The van der Waals surface area contributed by atoms with Crippen LogP contribution >= 0.6 is 11.3 Å². The van der Waals surface area contributed by atoms with Crippen molar-refractivity contribution in [1.29, 1.82) is 0 Å². The van der Waals surface area contributed by atoms with Crippen molar-refractivity contribution in [2.75, 3.05) is 18.5 Å². The molecule has 1 N–H and O–H groups in total. The number of esters is 1. The molecule has 0 atom stereocenters. The number of fused-ring (bicyclic) bond motifs is 1. The van der Waals surface area contributed by atoms with Gasteiger partial charge in [0, 0.05) is 10.9 Å². The summed E-state index contributed by atoms with van der Waals surface area (Å²) >= 11 is 1.21. The number of anilines is 1. The second kappa shape index (κ2) is 9.83. The summed E-state index contributed by atoms with van der Waals surface area (Å²) in [6.07, 6.45) is 0. The summed E-state index contributed by atoms with van der Waals surface area (Å²) in [6, 6.07) is 17.0. The van der Waals surface area contributed by atoms with Crippen LogP contribution in [0.5, 0.6) is 5.75 Å². The predicted octanol–water partition coefficient (Wildman–Crippen LogP) is 6.54. The second-order valence-corrected chi connectivity index (χ2v) is 8.01. The third-order valence-corrected chi connectivity index (χ3v) is 5.97. The Morgan fingerprint density at radius 1 is 0.939 bits per heavy atom. The van der Waals surface area contributed by atoms with Gasteiger partial charge in [-0.3, -0.25) is 4.79 Å². The maximum Gasteiger partial charge on any atom is 0.341 e. The molecule has 0 aliphatic rings. The van der Waals surface area contributed by atoms with Crippen LogP contribution in [0.15, 0.2) is 66.0 Å². The monoisotopic (exact) mass is 463 g/mol. The zero-order valence-electron chi connectivity index (χ0n) is 18.2. The second-order valence-electron chi connectivity index (χ2n) is 7.13. The molecule has 4 rings (SSSR count). The first-order valence-corrected chi connectivity index (χ1v) is 11.4. The molecular formula is C26H22FNO4S. The van der Waals surface area contributed by atoms with Crippen molar-refractivity contribution < 1.29 is 23.5 Å². The molecule has 7 heteroatoms. The number of halogens is 1. The summed E-state index contributed by atoms with van der Waals surface area (Å²) in [5.41, 5.74) is 1.84. The Morgan fingerprint density at radius 3 is 2.42 bits per heavy atom. The zero-order valence-corrected chi connectivity index (χ0v) is 19.0. The maximum atomic E-state index is 13.5. The molecule has 0 unspecified atom stereocenters. The van der Waals surface area contributed by atoms with E-state index < -0.39 is 11.9 Å². The van der Waals surface area contributed by atoms with Crippen molar-refractivity contribution in [3.63, 3.8) is 0 Å². The van der Waals surface area contributed by atoms with Gasteiger partial charge in [0.1, 0.15) is 22.1 Å². The predicted molar refractivity (Wildman–Crippen MR) is 129 cm³/mol. The molecule has 168 valence electrons. The Hall–Kier alpha value is -3.71. The number of ether oxygens (including phenoxy) is 2. The number of nitrogens with one attached hydrogen (secondary N) is 1. The van der Waals surface area contributed by atoms with E-state index in [2.05, 4.69) is 5.32 Å². The lowest BCUT2D eigenvalue weighted by atomic mass is 10.0. The van der Waals surface area contributed by atoms with Crippen LogP contribution in [0.1, 0.15) is 34.6 Å². The first-order chi connectivity index (χ1) is 16.0. The van der Waals surface area contributed by atoms with E-state index in [-0.39, 0.29) is 18.0 Å². The smallest absolute Gasteiger partial charge is 0.341 e. The van der Waals surface area contributed by atoms with E-state index in [0.29, 0.717) is 34.0 Å². The Kier molecular flexibility index (Phi) is 6.70. The average molecular weight is 464 g/mol. The topological polar surface area (TPSA) is 64.6 Å². The largest absolute Gasteiger partial charge is 0.493 e.